The minimum absolute atomic E-state index is 0.209. The van der Waals surface area contributed by atoms with Gasteiger partial charge in [-0.05, 0) is 25.1 Å². The summed E-state index contributed by atoms with van der Waals surface area (Å²) in [6.45, 7) is 1.86. The molecule has 0 radical (unpaired) electrons. The number of aromatic nitrogens is 2. The molecule has 0 spiro atoms. The van der Waals surface area contributed by atoms with E-state index >= 15 is 0 Å². The van der Waals surface area contributed by atoms with Crippen molar-refractivity contribution in [3.05, 3.63) is 41.6 Å². The molecule has 5 heteroatoms. The number of hydrogen-bond donors (Lipinski definition) is 3. The third kappa shape index (κ3) is 2.03. The van der Waals surface area contributed by atoms with Gasteiger partial charge in [0.2, 0.25) is 0 Å². The number of carbonyl (C=O) groups excluding carboxylic acids is 1. The molecule has 4 N–H and O–H groups in total. The van der Waals surface area contributed by atoms with Gasteiger partial charge in [0.05, 0.1) is 6.20 Å². The number of carbonyl (C=O) groups is 1. The van der Waals surface area contributed by atoms with Gasteiger partial charge in [-0.2, -0.15) is 5.10 Å². The smallest absolute Gasteiger partial charge is 0.256 e. The van der Waals surface area contributed by atoms with E-state index in [9.17, 15) is 4.79 Å². The molecule has 16 heavy (non-hydrogen) atoms. The van der Waals surface area contributed by atoms with Gasteiger partial charge in [-0.1, -0.05) is 6.07 Å². The molecule has 1 aromatic carbocycles. The second kappa shape index (κ2) is 4.06. The van der Waals surface area contributed by atoms with Gasteiger partial charge in [-0.25, -0.2) is 0 Å². The van der Waals surface area contributed by atoms with Crippen molar-refractivity contribution in [2.24, 2.45) is 0 Å². The van der Waals surface area contributed by atoms with Crippen molar-refractivity contribution in [3.63, 3.8) is 0 Å². The van der Waals surface area contributed by atoms with Crippen LogP contribution in [0.15, 0.2) is 30.5 Å². The van der Waals surface area contributed by atoms with Crippen LogP contribution in [0, 0.1) is 6.92 Å². The zero-order valence-electron chi connectivity index (χ0n) is 8.82. The fourth-order valence-corrected chi connectivity index (χ4v) is 1.34. The van der Waals surface area contributed by atoms with Gasteiger partial charge in [0.1, 0.15) is 5.82 Å². The summed E-state index contributed by atoms with van der Waals surface area (Å²) in [4.78, 5) is 11.8. The Labute approximate surface area is 92.7 Å². The van der Waals surface area contributed by atoms with Crippen LogP contribution in [0.4, 0.5) is 11.5 Å². The van der Waals surface area contributed by atoms with E-state index in [1.807, 2.05) is 6.92 Å². The highest BCUT2D eigenvalue weighted by Crippen LogP contribution is 2.12. The summed E-state index contributed by atoms with van der Waals surface area (Å²) in [6.07, 6.45) is 1.65. The summed E-state index contributed by atoms with van der Waals surface area (Å²) < 4.78 is 0. The molecule has 0 fully saturated rings. The molecular formula is C11H12N4O. The molecular weight excluding hydrogens is 204 g/mol. The van der Waals surface area contributed by atoms with Crippen LogP contribution in [0.5, 0.6) is 0 Å². The second-order valence-corrected chi connectivity index (χ2v) is 3.51. The summed E-state index contributed by atoms with van der Waals surface area (Å²) in [6, 6.07) is 6.81. The Morgan fingerprint density at radius 2 is 2.31 bits per heavy atom. The standard InChI is InChI=1S/C11H12N4O/c1-7-6-13-15-10(7)14-11(16)8-3-2-4-9(12)5-8/h2-6H,12H2,1H3,(H2,13,14,15,16). The van der Waals surface area contributed by atoms with Crippen LogP contribution in [-0.4, -0.2) is 16.1 Å². The van der Waals surface area contributed by atoms with E-state index in [0.717, 1.165) is 5.56 Å². The molecule has 1 heterocycles. The van der Waals surface area contributed by atoms with E-state index in [1.165, 1.54) is 0 Å². The summed E-state index contributed by atoms with van der Waals surface area (Å²) in [5, 5.41) is 9.25. The van der Waals surface area contributed by atoms with Crippen molar-refractivity contribution >= 4 is 17.4 Å². The van der Waals surface area contributed by atoms with E-state index in [4.69, 9.17) is 5.73 Å². The number of aryl methyl sites for hydroxylation is 1. The number of nitrogens with two attached hydrogens (primary N) is 1. The molecule has 0 bridgehead atoms. The molecule has 2 rings (SSSR count). The first-order valence-electron chi connectivity index (χ1n) is 4.83. The third-order valence-corrected chi connectivity index (χ3v) is 2.22. The van der Waals surface area contributed by atoms with Gasteiger partial charge in [-0.15, -0.1) is 0 Å². The number of nitrogens with one attached hydrogen (secondary N) is 2. The highest BCUT2D eigenvalue weighted by molar-refractivity contribution is 6.04. The van der Waals surface area contributed by atoms with E-state index in [0.29, 0.717) is 17.1 Å². The van der Waals surface area contributed by atoms with Crippen LogP contribution in [-0.2, 0) is 0 Å². The average Bonchev–Trinajstić information content (AvgIpc) is 2.64. The molecule has 0 saturated carbocycles. The van der Waals surface area contributed by atoms with E-state index in [2.05, 4.69) is 15.5 Å². The SMILES string of the molecule is Cc1cn[nH]c1NC(=O)c1cccc(N)c1. The minimum Gasteiger partial charge on any atom is -0.399 e. The molecule has 1 aromatic heterocycles. The zero-order valence-corrected chi connectivity index (χ0v) is 8.82. The largest absolute Gasteiger partial charge is 0.399 e. The predicted octanol–water partition coefficient (Wildman–Crippen LogP) is 1.55. The number of anilines is 2. The van der Waals surface area contributed by atoms with Crippen LogP contribution in [0.25, 0.3) is 0 Å². The molecule has 0 aliphatic carbocycles. The maximum atomic E-state index is 11.8. The molecule has 2 aromatic rings. The van der Waals surface area contributed by atoms with Gasteiger partial charge in [0, 0.05) is 16.8 Å². The number of nitrogens with zero attached hydrogens (tertiary/aromatic N) is 1. The molecule has 1 amide bonds. The lowest BCUT2D eigenvalue weighted by Gasteiger charge is -2.04. The first-order valence-corrected chi connectivity index (χ1v) is 4.83. The number of aromatic amines is 1. The van der Waals surface area contributed by atoms with Crippen LogP contribution in [0.2, 0.25) is 0 Å². The molecule has 82 valence electrons. The first-order chi connectivity index (χ1) is 7.66. The molecule has 0 unspecified atom stereocenters. The molecule has 5 nitrogen and oxygen atoms in total. The number of hydrogen-bond acceptors (Lipinski definition) is 3. The van der Waals surface area contributed by atoms with Crippen molar-refractivity contribution in [3.8, 4) is 0 Å². The third-order valence-electron chi connectivity index (χ3n) is 2.22. The van der Waals surface area contributed by atoms with Crippen LogP contribution in [0.3, 0.4) is 0 Å². The summed E-state index contributed by atoms with van der Waals surface area (Å²) in [5.74, 6) is 0.395. The Balaban J connectivity index is 2.18. The van der Waals surface area contributed by atoms with Gasteiger partial charge in [0.25, 0.3) is 5.91 Å². The number of nitrogen functional groups attached to an aromatic ring is 1. The quantitative estimate of drug-likeness (QED) is 0.666. The lowest BCUT2D eigenvalue weighted by molar-refractivity contribution is 0.102. The van der Waals surface area contributed by atoms with Gasteiger partial charge in [0.15, 0.2) is 0 Å². The normalized spacial score (nSPS) is 10.1. The molecule has 0 saturated heterocycles. The van der Waals surface area contributed by atoms with E-state index in [-0.39, 0.29) is 5.91 Å². The van der Waals surface area contributed by atoms with E-state index in [1.54, 1.807) is 30.5 Å². The number of H-pyrrole nitrogens is 1. The lowest BCUT2D eigenvalue weighted by atomic mass is 10.2. The highest BCUT2D eigenvalue weighted by Gasteiger charge is 2.08. The van der Waals surface area contributed by atoms with Gasteiger partial charge < -0.3 is 11.1 Å². The fraction of sp³-hybridized carbons (Fsp3) is 0.0909. The maximum Gasteiger partial charge on any atom is 0.256 e. The van der Waals surface area contributed by atoms with Gasteiger partial charge in [-0.3, -0.25) is 9.89 Å². The van der Waals surface area contributed by atoms with Crippen molar-refractivity contribution in [1.29, 1.82) is 0 Å². The summed E-state index contributed by atoms with van der Waals surface area (Å²) in [7, 11) is 0. The molecule has 0 aliphatic rings. The number of benzene rings is 1. The summed E-state index contributed by atoms with van der Waals surface area (Å²) in [5.41, 5.74) is 7.57. The maximum absolute atomic E-state index is 11.8. The minimum atomic E-state index is -0.209. The van der Waals surface area contributed by atoms with E-state index < -0.39 is 0 Å². The monoisotopic (exact) mass is 216 g/mol. The fourth-order valence-electron chi connectivity index (χ4n) is 1.34. The van der Waals surface area contributed by atoms with Crippen molar-refractivity contribution < 1.29 is 4.79 Å². The Morgan fingerprint density at radius 3 is 2.94 bits per heavy atom. The second-order valence-electron chi connectivity index (χ2n) is 3.51. The first kappa shape index (κ1) is 10.2. The zero-order chi connectivity index (χ0) is 11.5. The number of rotatable bonds is 2. The topological polar surface area (TPSA) is 83.8 Å². The molecule has 0 aliphatic heterocycles. The van der Waals surface area contributed by atoms with Crippen molar-refractivity contribution in [2.45, 2.75) is 6.92 Å². The van der Waals surface area contributed by atoms with Crippen molar-refractivity contribution in [1.82, 2.24) is 10.2 Å². The predicted molar refractivity (Wildman–Crippen MR) is 62.1 cm³/mol. The average molecular weight is 216 g/mol. The molecule has 0 atom stereocenters. The lowest BCUT2D eigenvalue weighted by Crippen LogP contribution is -2.13. The van der Waals surface area contributed by atoms with Crippen LogP contribution >= 0.6 is 0 Å². The van der Waals surface area contributed by atoms with Crippen LogP contribution in [0.1, 0.15) is 15.9 Å². The Bertz CT molecular complexity index is 518. The number of amides is 1. The highest BCUT2D eigenvalue weighted by atomic mass is 16.1. The Hall–Kier alpha value is -2.30. The summed E-state index contributed by atoms with van der Waals surface area (Å²) >= 11 is 0. The van der Waals surface area contributed by atoms with Crippen molar-refractivity contribution in [2.75, 3.05) is 11.1 Å². The Kier molecular flexibility index (Phi) is 2.59. The Morgan fingerprint density at radius 1 is 1.50 bits per heavy atom. The van der Waals surface area contributed by atoms with Gasteiger partial charge >= 0.3 is 0 Å². The van der Waals surface area contributed by atoms with Crippen LogP contribution < -0.4 is 11.1 Å².